The normalized spacial score (nSPS) is 13.1. The summed E-state index contributed by atoms with van der Waals surface area (Å²) in [6.45, 7) is 0. The molecule has 0 unspecified atom stereocenters. The molecule has 53 heavy (non-hydrogen) atoms. The monoisotopic (exact) mass is 807 g/mol. The third-order valence-electron chi connectivity index (χ3n) is 6.60. The Labute approximate surface area is 303 Å². The van der Waals surface area contributed by atoms with Gasteiger partial charge >= 0.3 is 0 Å². The molecule has 0 aliphatic rings. The van der Waals surface area contributed by atoms with Gasteiger partial charge in [-0.05, 0) is 77.5 Å². The number of azo groups is 2. The fourth-order valence-corrected chi connectivity index (χ4v) is 6.65. The van der Waals surface area contributed by atoms with Crippen molar-refractivity contribution in [2.24, 2.45) is 20.5 Å². The number of nitrogens with two attached hydrogens (primary N) is 1. The Morgan fingerprint density at radius 3 is 1.58 bits per heavy atom. The van der Waals surface area contributed by atoms with Crippen molar-refractivity contribution in [1.82, 2.24) is 0 Å². The molecular weight excluding hydrogens is 781 g/mol. The Morgan fingerprint density at radius 2 is 1.08 bits per heavy atom. The molecule has 0 aromatic heterocycles. The van der Waals surface area contributed by atoms with Crippen LogP contribution in [0.4, 0.5) is 28.4 Å². The third-order valence-corrected chi connectivity index (χ3v) is 10.0. The van der Waals surface area contributed by atoms with E-state index in [1.807, 2.05) is 0 Å². The van der Waals surface area contributed by atoms with Crippen LogP contribution >= 0.6 is 0 Å². The van der Waals surface area contributed by atoms with Crippen molar-refractivity contribution >= 4 is 90.5 Å². The van der Waals surface area contributed by atoms with E-state index in [0.29, 0.717) is 12.1 Å². The second kappa shape index (κ2) is 14.4. The molecule has 19 nitrogen and oxygen atoms in total. The molecule has 0 radical (unpaired) electrons. The van der Waals surface area contributed by atoms with Crippen LogP contribution in [0, 0.1) is 0 Å². The Kier molecular flexibility index (Phi) is 11.1. The molecule has 0 bridgehead atoms. The quantitative estimate of drug-likeness (QED) is 0.0976. The van der Waals surface area contributed by atoms with Crippen LogP contribution in [0.3, 0.4) is 0 Å². The zero-order chi connectivity index (χ0) is 39.9. The molecular formula is C30H27N6O13S4-3. The van der Waals surface area contributed by atoms with Gasteiger partial charge in [-0.1, -0.05) is 11.8 Å². The fourth-order valence-electron chi connectivity index (χ4n) is 4.41. The lowest BCUT2D eigenvalue weighted by Crippen LogP contribution is -2.27. The van der Waals surface area contributed by atoms with Crippen LogP contribution in [0.2, 0.25) is 0 Å². The van der Waals surface area contributed by atoms with E-state index in [0.717, 1.165) is 34.8 Å². The van der Waals surface area contributed by atoms with Gasteiger partial charge in [-0.25, -0.2) is 25.3 Å². The number of anilines is 1. The van der Waals surface area contributed by atoms with E-state index in [1.54, 1.807) is 0 Å². The van der Waals surface area contributed by atoms with Crippen LogP contribution in [0.15, 0.2) is 113 Å². The van der Waals surface area contributed by atoms with E-state index >= 15 is 0 Å². The number of benzene rings is 5. The number of nitrogen functional groups attached to an aromatic ring is 1. The molecule has 23 heteroatoms. The van der Waals surface area contributed by atoms with E-state index in [4.69, 9.17) is 5.73 Å². The molecule has 0 aliphatic carbocycles. The van der Waals surface area contributed by atoms with Crippen molar-refractivity contribution in [2.45, 2.75) is 19.6 Å². The summed E-state index contributed by atoms with van der Waals surface area (Å²) in [6, 6.07) is 12.0. The second-order valence-electron chi connectivity index (χ2n) is 12.4. The summed E-state index contributed by atoms with van der Waals surface area (Å²) in [6.07, 6.45) is 0. The van der Waals surface area contributed by atoms with Crippen molar-refractivity contribution in [1.29, 1.82) is 0 Å². The Morgan fingerprint density at radius 1 is 0.585 bits per heavy atom. The topological polar surface area (TPSA) is 324 Å². The molecule has 0 amide bonds. The largest absolute Gasteiger partial charge is 0.871 e. The average molecular weight is 808 g/mol. The molecule has 0 aliphatic heterocycles. The van der Waals surface area contributed by atoms with Gasteiger partial charge in [-0.15, -0.1) is 15.3 Å². The van der Waals surface area contributed by atoms with E-state index in [-0.39, 0.29) is 27.8 Å². The molecule has 5 rings (SSSR count). The van der Waals surface area contributed by atoms with Crippen molar-refractivity contribution in [3.8, 4) is 5.75 Å². The fraction of sp³-hybridized carbons (Fsp3) is 0.133. The SMILES string of the molecule is C[N+](C)(C)C.Nc1cc2c([O-])c(N=Nc3ccc(N=Nc4ccc(S(=O)(=O)[O-])cc4)c4ccc(S(=O)(=O)[O-])cc34)c(S(=O)(=O)O)cc2cc1S(=O)(=O)[O-]. The van der Waals surface area contributed by atoms with Gasteiger partial charge in [0.1, 0.15) is 35.2 Å². The van der Waals surface area contributed by atoms with Crippen molar-refractivity contribution in [3.63, 3.8) is 0 Å². The molecule has 0 atom stereocenters. The van der Waals surface area contributed by atoms with Gasteiger partial charge in [0.05, 0.1) is 65.6 Å². The molecule has 0 saturated carbocycles. The smallest absolute Gasteiger partial charge is 0.296 e. The molecule has 5 aromatic carbocycles. The first-order valence-electron chi connectivity index (χ1n) is 14.4. The first kappa shape index (κ1) is 40.8. The summed E-state index contributed by atoms with van der Waals surface area (Å²) in [7, 11) is -11.6. The van der Waals surface area contributed by atoms with Gasteiger partial charge in [-0.2, -0.15) is 13.5 Å². The van der Waals surface area contributed by atoms with Crippen LogP contribution in [0.5, 0.6) is 5.75 Å². The molecule has 0 saturated heterocycles. The predicted octanol–water partition coefficient (Wildman–Crippen LogP) is 3.76. The summed E-state index contributed by atoms with van der Waals surface area (Å²) in [5, 5.41) is 28.0. The zero-order valence-corrected chi connectivity index (χ0v) is 31.0. The highest BCUT2D eigenvalue weighted by Gasteiger charge is 2.21. The standard InChI is InChI=1S/C26H19N5O13S4.C4H12N/c27-20-12-18-13(9-23(20)47(39,40)41)10-24(48(42,43)44)25(26(18)32)31-30-22-8-7-21(17-6-5-16(11-19(17)22)46(36,37)38)29-28-14-1-3-15(4-2-14)45(33,34)35;1-5(2,3)4/h1-12,32H,27H2,(H,33,34,35)(H,36,37,38)(H,39,40,41)(H,42,43,44);1-4H3/q;+1/p-4. The summed E-state index contributed by atoms with van der Waals surface area (Å²) in [5.41, 5.74) is 3.93. The first-order chi connectivity index (χ1) is 24.1. The maximum absolute atomic E-state index is 13.3. The number of nitrogens with zero attached hydrogens (tertiary/aromatic N) is 5. The van der Waals surface area contributed by atoms with Crippen LogP contribution in [-0.2, 0) is 40.5 Å². The third kappa shape index (κ3) is 10.1. The summed E-state index contributed by atoms with van der Waals surface area (Å²) >= 11 is 0. The minimum absolute atomic E-state index is 0.0489. The van der Waals surface area contributed by atoms with E-state index in [1.165, 1.54) is 30.3 Å². The van der Waals surface area contributed by atoms with Gasteiger partial charge in [0, 0.05) is 16.5 Å². The number of quaternary nitrogens is 1. The minimum atomic E-state index is -5.24. The first-order valence-corrected chi connectivity index (χ1v) is 20.0. The molecule has 0 heterocycles. The van der Waals surface area contributed by atoms with Crippen molar-refractivity contribution in [3.05, 3.63) is 72.8 Å². The van der Waals surface area contributed by atoms with E-state index in [2.05, 4.69) is 48.6 Å². The van der Waals surface area contributed by atoms with Gasteiger partial charge in [0.25, 0.3) is 10.1 Å². The number of fused-ring (bicyclic) bond motifs is 2. The molecule has 0 fully saturated rings. The van der Waals surface area contributed by atoms with Gasteiger partial charge < -0.3 is 29.0 Å². The zero-order valence-electron chi connectivity index (χ0n) is 27.7. The highest BCUT2D eigenvalue weighted by Crippen LogP contribution is 2.43. The van der Waals surface area contributed by atoms with E-state index in [9.17, 15) is 57.0 Å². The highest BCUT2D eigenvalue weighted by atomic mass is 32.2. The average Bonchev–Trinajstić information content (AvgIpc) is 3.01. The van der Waals surface area contributed by atoms with Crippen molar-refractivity contribution < 1.29 is 61.5 Å². The van der Waals surface area contributed by atoms with Crippen LogP contribution in [0.1, 0.15) is 0 Å². The highest BCUT2D eigenvalue weighted by molar-refractivity contribution is 7.86. The van der Waals surface area contributed by atoms with Gasteiger partial charge in [-0.3, -0.25) is 4.55 Å². The summed E-state index contributed by atoms with van der Waals surface area (Å²) in [4.78, 5) is -3.31. The summed E-state index contributed by atoms with van der Waals surface area (Å²) in [5.74, 6) is -1.21. The predicted molar refractivity (Wildman–Crippen MR) is 184 cm³/mol. The van der Waals surface area contributed by atoms with Crippen LogP contribution in [-0.4, -0.2) is 84.6 Å². The van der Waals surface area contributed by atoms with Crippen LogP contribution in [0.25, 0.3) is 21.5 Å². The molecule has 5 aromatic rings. The Balaban J connectivity index is 0.00000117. The Bertz CT molecular complexity index is 2780. The number of rotatable bonds is 8. The van der Waals surface area contributed by atoms with Crippen LogP contribution < -0.4 is 10.8 Å². The molecule has 3 N–H and O–H groups in total. The Hall–Kier alpha value is -4.98. The minimum Gasteiger partial charge on any atom is -0.871 e. The lowest BCUT2D eigenvalue weighted by atomic mass is 10.1. The summed E-state index contributed by atoms with van der Waals surface area (Å²) < 4.78 is 139. The van der Waals surface area contributed by atoms with Crippen molar-refractivity contribution in [2.75, 3.05) is 33.9 Å². The number of hydrogen-bond acceptors (Lipinski definition) is 17. The lowest BCUT2D eigenvalue weighted by Gasteiger charge is -2.19. The van der Waals surface area contributed by atoms with E-state index < -0.39 is 88.0 Å². The van der Waals surface area contributed by atoms with Gasteiger partial charge in [0.15, 0.2) is 0 Å². The van der Waals surface area contributed by atoms with Gasteiger partial charge in [0.2, 0.25) is 0 Å². The molecule has 282 valence electrons. The number of hydrogen-bond donors (Lipinski definition) is 2. The maximum atomic E-state index is 13.3. The maximum Gasteiger partial charge on any atom is 0.296 e. The lowest BCUT2D eigenvalue weighted by molar-refractivity contribution is -0.849. The second-order valence-corrected chi connectivity index (χ2v) is 17.9. The molecule has 0 spiro atoms.